The molecule has 0 aliphatic carbocycles. The third-order valence-electron chi connectivity index (χ3n) is 3.00. The lowest BCUT2D eigenvalue weighted by Gasteiger charge is -2.47. The van der Waals surface area contributed by atoms with Crippen LogP contribution in [0.5, 0.6) is 0 Å². The zero-order chi connectivity index (χ0) is 11.6. The van der Waals surface area contributed by atoms with Crippen LogP contribution in [0.3, 0.4) is 0 Å². The fraction of sp³-hybridized carbons (Fsp3) is 0.909. The van der Waals surface area contributed by atoms with E-state index in [2.05, 4.69) is 25.7 Å². The molecule has 0 aromatic heterocycles. The number of aliphatic hydroxyl groups is 1. The summed E-state index contributed by atoms with van der Waals surface area (Å²) in [6.45, 7) is 10.4. The van der Waals surface area contributed by atoms with E-state index in [1.807, 2.05) is 4.90 Å². The van der Waals surface area contributed by atoms with Crippen LogP contribution < -0.4 is 0 Å². The molecule has 1 rings (SSSR count). The molecular weight excluding hydrogens is 192 g/mol. The first-order valence-electron chi connectivity index (χ1n) is 5.49. The van der Waals surface area contributed by atoms with Crippen molar-refractivity contribution in [3.05, 3.63) is 0 Å². The Kier molecular flexibility index (Phi) is 3.73. The van der Waals surface area contributed by atoms with Crippen molar-refractivity contribution < 1.29 is 9.90 Å². The summed E-state index contributed by atoms with van der Waals surface area (Å²) in [6, 6.07) is 0.0719. The standard InChI is InChI=1S/C11H22N2O2/c1-9(15)12-5-6-13(11(2,3)4)10(7-12)8-14/h10,14H,5-8H2,1-4H3. The molecule has 0 saturated carbocycles. The summed E-state index contributed by atoms with van der Waals surface area (Å²) >= 11 is 0. The number of rotatable bonds is 1. The normalized spacial score (nSPS) is 24.3. The van der Waals surface area contributed by atoms with E-state index < -0.39 is 0 Å². The smallest absolute Gasteiger partial charge is 0.219 e. The number of amides is 1. The van der Waals surface area contributed by atoms with E-state index in [4.69, 9.17) is 0 Å². The molecule has 4 nitrogen and oxygen atoms in total. The van der Waals surface area contributed by atoms with Gasteiger partial charge in [0.2, 0.25) is 5.91 Å². The van der Waals surface area contributed by atoms with Crippen molar-refractivity contribution in [3.8, 4) is 0 Å². The molecule has 0 radical (unpaired) electrons. The number of hydrogen-bond donors (Lipinski definition) is 1. The van der Waals surface area contributed by atoms with Gasteiger partial charge in [0.05, 0.1) is 12.6 Å². The summed E-state index contributed by atoms with van der Waals surface area (Å²) in [5.74, 6) is 0.0991. The van der Waals surface area contributed by atoms with Gasteiger partial charge in [-0.1, -0.05) is 0 Å². The number of hydrogen-bond acceptors (Lipinski definition) is 3. The molecule has 1 N–H and O–H groups in total. The van der Waals surface area contributed by atoms with Crippen LogP contribution in [-0.4, -0.2) is 58.6 Å². The van der Waals surface area contributed by atoms with Gasteiger partial charge in [0, 0.05) is 32.1 Å². The van der Waals surface area contributed by atoms with Crippen molar-refractivity contribution in [2.45, 2.75) is 39.3 Å². The van der Waals surface area contributed by atoms with Gasteiger partial charge >= 0.3 is 0 Å². The van der Waals surface area contributed by atoms with Crippen LogP contribution >= 0.6 is 0 Å². The van der Waals surface area contributed by atoms with E-state index in [1.165, 1.54) is 0 Å². The zero-order valence-electron chi connectivity index (χ0n) is 10.2. The Morgan fingerprint density at radius 2 is 2.00 bits per heavy atom. The maximum Gasteiger partial charge on any atom is 0.219 e. The topological polar surface area (TPSA) is 43.8 Å². The highest BCUT2D eigenvalue weighted by atomic mass is 16.3. The first kappa shape index (κ1) is 12.5. The second-order valence-corrected chi connectivity index (χ2v) is 5.17. The number of carbonyl (C=O) groups excluding carboxylic acids is 1. The third-order valence-corrected chi connectivity index (χ3v) is 3.00. The molecule has 1 aliphatic heterocycles. The van der Waals surface area contributed by atoms with E-state index in [9.17, 15) is 9.90 Å². The summed E-state index contributed by atoms with van der Waals surface area (Å²) in [5, 5.41) is 9.34. The quantitative estimate of drug-likeness (QED) is 0.683. The Morgan fingerprint density at radius 3 is 2.40 bits per heavy atom. The molecule has 0 aromatic carbocycles. The van der Waals surface area contributed by atoms with Gasteiger partial charge in [-0.15, -0.1) is 0 Å². The van der Waals surface area contributed by atoms with Crippen molar-refractivity contribution in [2.24, 2.45) is 0 Å². The molecular formula is C11H22N2O2. The van der Waals surface area contributed by atoms with Gasteiger partial charge in [-0.3, -0.25) is 9.69 Å². The average molecular weight is 214 g/mol. The molecule has 1 aliphatic rings. The number of nitrogens with zero attached hydrogens (tertiary/aromatic N) is 2. The number of carbonyl (C=O) groups is 1. The molecule has 88 valence electrons. The van der Waals surface area contributed by atoms with E-state index in [0.717, 1.165) is 13.1 Å². The summed E-state index contributed by atoms with van der Waals surface area (Å²) in [6.07, 6.45) is 0. The van der Waals surface area contributed by atoms with Crippen LogP contribution in [0.2, 0.25) is 0 Å². The molecule has 15 heavy (non-hydrogen) atoms. The summed E-state index contributed by atoms with van der Waals surface area (Å²) in [4.78, 5) is 15.3. The van der Waals surface area contributed by atoms with E-state index >= 15 is 0 Å². The van der Waals surface area contributed by atoms with Gasteiger partial charge in [0.25, 0.3) is 0 Å². The highest BCUT2D eigenvalue weighted by Crippen LogP contribution is 2.20. The highest BCUT2D eigenvalue weighted by Gasteiger charge is 2.34. The zero-order valence-corrected chi connectivity index (χ0v) is 10.2. The minimum absolute atomic E-state index is 0.0519. The summed E-state index contributed by atoms with van der Waals surface area (Å²) < 4.78 is 0. The van der Waals surface area contributed by atoms with Crippen LogP contribution in [0, 0.1) is 0 Å². The molecule has 1 atom stereocenters. The van der Waals surface area contributed by atoms with Crippen molar-refractivity contribution >= 4 is 5.91 Å². The molecule has 0 spiro atoms. The Balaban J connectivity index is 2.69. The SMILES string of the molecule is CC(=O)N1CCN(C(C)(C)C)C(CO)C1. The lowest BCUT2D eigenvalue weighted by Crippen LogP contribution is -2.61. The largest absolute Gasteiger partial charge is 0.395 e. The maximum atomic E-state index is 11.2. The molecule has 1 saturated heterocycles. The fourth-order valence-corrected chi connectivity index (χ4v) is 2.18. The van der Waals surface area contributed by atoms with Crippen molar-refractivity contribution in [3.63, 3.8) is 0 Å². The van der Waals surface area contributed by atoms with E-state index in [1.54, 1.807) is 6.92 Å². The summed E-state index contributed by atoms with van der Waals surface area (Å²) in [7, 11) is 0. The molecule has 1 heterocycles. The first-order chi connectivity index (χ1) is 6.86. The number of aliphatic hydroxyl groups excluding tert-OH is 1. The minimum Gasteiger partial charge on any atom is -0.395 e. The van der Waals surface area contributed by atoms with Crippen LogP contribution in [-0.2, 0) is 4.79 Å². The Hall–Kier alpha value is -0.610. The van der Waals surface area contributed by atoms with Gasteiger partial charge < -0.3 is 10.0 Å². The maximum absolute atomic E-state index is 11.2. The second-order valence-electron chi connectivity index (χ2n) is 5.17. The van der Waals surface area contributed by atoms with Crippen molar-refractivity contribution in [2.75, 3.05) is 26.2 Å². The Bertz CT molecular complexity index is 235. The fourth-order valence-electron chi connectivity index (χ4n) is 2.18. The van der Waals surface area contributed by atoms with Crippen LogP contribution in [0.15, 0.2) is 0 Å². The summed E-state index contributed by atoms with van der Waals surface area (Å²) in [5.41, 5.74) is 0.0519. The van der Waals surface area contributed by atoms with E-state index in [-0.39, 0.29) is 24.1 Å². The molecule has 4 heteroatoms. The number of piperazine rings is 1. The van der Waals surface area contributed by atoms with Gasteiger partial charge in [-0.25, -0.2) is 0 Å². The molecule has 0 bridgehead atoms. The Morgan fingerprint density at radius 1 is 1.40 bits per heavy atom. The first-order valence-corrected chi connectivity index (χ1v) is 5.49. The average Bonchev–Trinajstić information content (AvgIpc) is 2.15. The molecule has 1 amide bonds. The van der Waals surface area contributed by atoms with Crippen molar-refractivity contribution in [1.82, 2.24) is 9.80 Å². The monoisotopic (exact) mass is 214 g/mol. The van der Waals surface area contributed by atoms with Crippen LogP contribution in [0.1, 0.15) is 27.7 Å². The predicted octanol–water partition coefficient (Wildman–Crippen LogP) is 0.310. The third kappa shape index (κ3) is 2.92. The lowest BCUT2D eigenvalue weighted by atomic mass is 10.0. The molecule has 1 unspecified atom stereocenters. The van der Waals surface area contributed by atoms with Crippen molar-refractivity contribution in [1.29, 1.82) is 0 Å². The minimum atomic E-state index is 0.0519. The predicted molar refractivity (Wildman–Crippen MR) is 59.6 cm³/mol. The lowest BCUT2D eigenvalue weighted by molar-refractivity contribution is -0.133. The van der Waals surface area contributed by atoms with E-state index in [0.29, 0.717) is 6.54 Å². The highest BCUT2D eigenvalue weighted by molar-refractivity contribution is 5.73. The van der Waals surface area contributed by atoms with Gasteiger partial charge in [0.1, 0.15) is 0 Å². The van der Waals surface area contributed by atoms with Gasteiger partial charge in [-0.05, 0) is 20.8 Å². The Labute approximate surface area is 91.9 Å². The molecule has 0 aromatic rings. The van der Waals surface area contributed by atoms with Crippen LogP contribution in [0.25, 0.3) is 0 Å². The second kappa shape index (κ2) is 4.49. The van der Waals surface area contributed by atoms with Gasteiger partial charge in [-0.2, -0.15) is 0 Å². The molecule has 1 fully saturated rings. The van der Waals surface area contributed by atoms with Gasteiger partial charge in [0.15, 0.2) is 0 Å². The van der Waals surface area contributed by atoms with Crippen LogP contribution in [0.4, 0.5) is 0 Å².